The number of fused-ring (bicyclic) bond motifs is 1. The summed E-state index contributed by atoms with van der Waals surface area (Å²) < 4.78 is 30.1. The Kier molecular flexibility index (Phi) is 5.75. The summed E-state index contributed by atoms with van der Waals surface area (Å²) in [4.78, 5) is 7.19. The molecule has 0 saturated carbocycles. The van der Waals surface area contributed by atoms with Crippen LogP contribution in [0.1, 0.15) is 41.1 Å². The Morgan fingerprint density at radius 2 is 1.81 bits per heavy atom. The van der Waals surface area contributed by atoms with Gasteiger partial charge in [0.1, 0.15) is 11.6 Å². The summed E-state index contributed by atoms with van der Waals surface area (Å²) in [6.45, 7) is 2.99. The highest BCUT2D eigenvalue weighted by molar-refractivity contribution is 5.83. The van der Waals surface area contributed by atoms with E-state index in [9.17, 15) is 8.78 Å². The van der Waals surface area contributed by atoms with Gasteiger partial charge < -0.3 is 4.57 Å². The van der Waals surface area contributed by atoms with E-state index in [4.69, 9.17) is 0 Å². The highest BCUT2D eigenvalue weighted by atomic mass is 19.1. The SMILES string of the molecule is Cn1cc(CN2CCCC(c3ccc(Cc4c(F)cccc4F)cn3)C2)c2ccccc21. The van der Waals surface area contributed by atoms with Gasteiger partial charge in [0.05, 0.1) is 0 Å². The zero-order chi connectivity index (χ0) is 22.1. The summed E-state index contributed by atoms with van der Waals surface area (Å²) in [6, 6.07) is 16.5. The molecule has 1 saturated heterocycles. The lowest BCUT2D eigenvalue weighted by molar-refractivity contribution is 0.199. The lowest BCUT2D eigenvalue weighted by atomic mass is 9.93. The molecule has 1 atom stereocenters. The molecule has 164 valence electrons. The Labute approximate surface area is 187 Å². The number of benzene rings is 2. The largest absolute Gasteiger partial charge is 0.350 e. The molecule has 32 heavy (non-hydrogen) atoms. The summed E-state index contributed by atoms with van der Waals surface area (Å²) >= 11 is 0. The van der Waals surface area contributed by atoms with Crippen molar-refractivity contribution in [2.75, 3.05) is 13.1 Å². The number of hydrogen-bond donors (Lipinski definition) is 0. The van der Waals surface area contributed by atoms with E-state index in [1.54, 1.807) is 6.20 Å². The Hall–Kier alpha value is -3.05. The maximum atomic E-state index is 14.0. The molecule has 0 amide bonds. The number of piperidine rings is 1. The Morgan fingerprint density at radius 3 is 2.59 bits per heavy atom. The molecule has 1 unspecified atom stereocenters. The molecule has 3 heterocycles. The zero-order valence-electron chi connectivity index (χ0n) is 18.3. The van der Waals surface area contributed by atoms with Gasteiger partial charge in [-0.3, -0.25) is 9.88 Å². The van der Waals surface area contributed by atoms with Gasteiger partial charge in [-0.1, -0.05) is 30.3 Å². The first-order valence-corrected chi connectivity index (χ1v) is 11.2. The van der Waals surface area contributed by atoms with E-state index < -0.39 is 11.6 Å². The van der Waals surface area contributed by atoms with Crippen LogP contribution in [0.4, 0.5) is 8.78 Å². The first-order valence-electron chi connectivity index (χ1n) is 11.2. The van der Waals surface area contributed by atoms with Gasteiger partial charge in [-0.05, 0) is 54.8 Å². The molecular weight excluding hydrogens is 404 g/mol. The van der Waals surface area contributed by atoms with Crippen LogP contribution >= 0.6 is 0 Å². The molecule has 2 aromatic heterocycles. The average molecular weight is 432 g/mol. The normalized spacial score (nSPS) is 17.2. The Balaban J connectivity index is 1.28. The standard InChI is InChI=1S/C27H27F2N3/c1-31-16-21(22-7-2-3-10-27(22)31)18-32-13-5-6-20(17-32)26-12-11-19(15-30-26)14-23-24(28)8-4-9-25(23)29/h2-4,7-12,15-16,20H,5-6,13-14,17-18H2,1H3. The molecule has 1 aliphatic rings. The fourth-order valence-corrected chi connectivity index (χ4v) is 4.92. The summed E-state index contributed by atoms with van der Waals surface area (Å²) in [5.41, 5.74) is 4.60. The van der Waals surface area contributed by atoms with Crippen LogP contribution in [-0.2, 0) is 20.0 Å². The summed E-state index contributed by atoms with van der Waals surface area (Å²) in [7, 11) is 2.10. The number of aromatic nitrogens is 2. The monoisotopic (exact) mass is 431 g/mol. The molecule has 1 aliphatic heterocycles. The van der Waals surface area contributed by atoms with Gasteiger partial charge in [-0.15, -0.1) is 0 Å². The second-order valence-electron chi connectivity index (χ2n) is 8.82. The third-order valence-corrected chi connectivity index (χ3v) is 6.59. The van der Waals surface area contributed by atoms with Crippen LogP contribution in [-0.4, -0.2) is 27.5 Å². The van der Waals surface area contributed by atoms with E-state index in [1.165, 1.54) is 34.7 Å². The van der Waals surface area contributed by atoms with Gasteiger partial charge in [0, 0.05) is 67.0 Å². The average Bonchev–Trinajstić information content (AvgIpc) is 3.12. The van der Waals surface area contributed by atoms with Gasteiger partial charge in [0.15, 0.2) is 0 Å². The van der Waals surface area contributed by atoms with E-state index in [0.717, 1.165) is 43.7 Å². The maximum absolute atomic E-state index is 14.0. The van der Waals surface area contributed by atoms with Crippen LogP contribution in [0.3, 0.4) is 0 Å². The number of rotatable bonds is 5. The van der Waals surface area contributed by atoms with Gasteiger partial charge in [0.2, 0.25) is 0 Å². The molecule has 5 heteroatoms. The molecule has 0 spiro atoms. The van der Waals surface area contributed by atoms with Gasteiger partial charge in [-0.2, -0.15) is 0 Å². The van der Waals surface area contributed by atoms with Crippen molar-refractivity contribution in [3.8, 4) is 0 Å². The van der Waals surface area contributed by atoms with Crippen molar-refractivity contribution in [3.63, 3.8) is 0 Å². The summed E-state index contributed by atoms with van der Waals surface area (Å²) in [5, 5.41) is 1.32. The highest BCUT2D eigenvalue weighted by Crippen LogP contribution is 2.29. The smallest absolute Gasteiger partial charge is 0.129 e. The predicted molar refractivity (Wildman–Crippen MR) is 124 cm³/mol. The van der Waals surface area contributed by atoms with Crippen molar-refractivity contribution in [2.24, 2.45) is 7.05 Å². The minimum Gasteiger partial charge on any atom is -0.350 e. The fraction of sp³-hybridized carbons (Fsp3) is 0.296. The second-order valence-corrected chi connectivity index (χ2v) is 8.82. The molecule has 1 fully saturated rings. The molecule has 2 aromatic carbocycles. The minimum absolute atomic E-state index is 0.0981. The van der Waals surface area contributed by atoms with E-state index in [0.29, 0.717) is 5.92 Å². The van der Waals surface area contributed by atoms with Gasteiger partial charge in [-0.25, -0.2) is 8.78 Å². The first-order chi connectivity index (χ1) is 15.6. The molecule has 3 nitrogen and oxygen atoms in total. The number of halogens is 2. The van der Waals surface area contributed by atoms with Crippen LogP contribution in [0.15, 0.2) is 67.0 Å². The maximum Gasteiger partial charge on any atom is 0.129 e. The number of pyridine rings is 1. The Bertz CT molecular complexity index is 1210. The molecule has 0 bridgehead atoms. The Morgan fingerprint density at radius 1 is 1.00 bits per heavy atom. The quantitative estimate of drug-likeness (QED) is 0.397. The molecule has 0 radical (unpaired) electrons. The van der Waals surface area contributed by atoms with Crippen LogP contribution < -0.4 is 0 Å². The van der Waals surface area contributed by atoms with Gasteiger partial charge >= 0.3 is 0 Å². The van der Waals surface area contributed by atoms with E-state index in [2.05, 4.69) is 52.0 Å². The summed E-state index contributed by atoms with van der Waals surface area (Å²) in [6.07, 6.45) is 6.47. The zero-order valence-corrected chi connectivity index (χ0v) is 18.3. The molecule has 0 aliphatic carbocycles. The van der Waals surface area contributed by atoms with Crippen LogP contribution in [0.5, 0.6) is 0 Å². The van der Waals surface area contributed by atoms with Crippen LogP contribution in [0.2, 0.25) is 0 Å². The van der Waals surface area contributed by atoms with Crippen molar-refractivity contribution in [1.29, 1.82) is 0 Å². The van der Waals surface area contributed by atoms with Gasteiger partial charge in [0.25, 0.3) is 0 Å². The fourth-order valence-electron chi connectivity index (χ4n) is 4.92. The number of hydrogen-bond acceptors (Lipinski definition) is 2. The molecule has 0 N–H and O–H groups in total. The number of nitrogens with zero attached hydrogens (tertiary/aromatic N) is 3. The van der Waals surface area contributed by atoms with Crippen LogP contribution in [0, 0.1) is 11.6 Å². The minimum atomic E-state index is -0.509. The number of aryl methyl sites for hydroxylation is 1. The van der Waals surface area contributed by atoms with E-state index >= 15 is 0 Å². The van der Waals surface area contributed by atoms with Crippen molar-refractivity contribution in [3.05, 3.63) is 101 Å². The lowest BCUT2D eigenvalue weighted by Crippen LogP contribution is -2.34. The van der Waals surface area contributed by atoms with E-state index in [-0.39, 0.29) is 12.0 Å². The second kappa shape index (κ2) is 8.83. The van der Waals surface area contributed by atoms with Crippen molar-refractivity contribution in [1.82, 2.24) is 14.5 Å². The molecule has 5 rings (SSSR count). The molecular formula is C27H27F2N3. The number of para-hydroxylation sites is 1. The third-order valence-electron chi connectivity index (χ3n) is 6.59. The summed E-state index contributed by atoms with van der Waals surface area (Å²) in [5.74, 6) is -0.645. The number of likely N-dealkylation sites (tertiary alicyclic amines) is 1. The van der Waals surface area contributed by atoms with E-state index in [1.807, 2.05) is 12.1 Å². The predicted octanol–water partition coefficient (Wildman–Crippen LogP) is 5.82. The highest BCUT2D eigenvalue weighted by Gasteiger charge is 2.23. The molecule has 4 aromatic rings. The third kappa shape index (κ3) is 4.17. The van der Waals surface area contributed by atoms with Crippen molar-refractivity contribution in [2.45, 2.75) is 31.7 Å². The lowest BCUT2D eigenvalue weighted by Gasteiger charge is -2.32. The van der Waals surface area contributed by atoms with Crippen LogP contribution in [0.25, 0.3) is 10.9 Å². The topological polar surface area (TPSA) is 21.1 Å². The first kappa shape index (κ1) is 20.8. The van der Waals surface area contributed by atoms with Crippen molar-refractivity contribution >= 4 is 10.9 Å². The van der Waals surface area contributed by atoms with Crippen molar-refractivity contribution < 1.29 is 8.78 Å².